The fourth-order valence-electron chi connectivity index (χ4n) is 2.65. The van der Waals surface area contributed by atoms with Crippen molar-refractivity contribution in [1.82, 2.24) is 4.98 Å². The number of hydrogen-bond donors (Lipinski definition) is 1. The standard InChI is InChI=1S/C20H13F3N2O5S/c21-20(22,23)10-29-13-4-5-14-16(8-13)31-19(24-14)25-17(26)9-28-12-3-1-11-2-6-18(27)30-15(11)7-12/h1-8H,9-10H2,(H,24,25,26). The SMILES string of the molecule is O=C(COc1ccc2ccc(=O)oc2c1)Nc1nc2ccc(OCC(F)(F)F)cc2s1. The van der Waals surface area contributed by atoms with Gasteiger partial charge in [-0.1, -0.05) is 11.3 Å². The summed E-state index contributed by atoms with van der Waals surface area (Å²) in [5, 5.41) is 3.55. The van der Waals surface area contributed by atoms with Crippen LogP contribution in [0.5, 0.6) is 11.5 Å². The van der Waals surface area contributed by atoms with E-state index in [0.717, 1.165) is 11.3 Å². The predicted octanol–water partition coefficient (Wildman–Crippen LogP) is 4.36. The number of benzene rings is 2. The number of rotatable bonds is 6. The first-order valence-electron chi connectivity index (χ1n) is 8.82. The summed E-state index contributed by atoms with van der Waals surface area (Å²) in [6, 6.07) is 12.1. The molecule has 0 aliphatic heterocycles. The van der Waals surface area contributed by atoms with Gasteiger partial charge in [-0.3, -0.25) is 10.1 Å². The van der Waals surface area contributed by atoms with Crippen LogP contribution < -0.4 is 20.4 Å². The summed E-state index contributed by atoms with van der Waals surface area (Å²) in [7, 11) is 0. The van der Waals surface area contributed by atoms with Crippen molar-refractivity contribution in [3.8, 4) is 11.5 Å². The van der Waals surface area contributed by atoms with Gasteiger partial charge in [0.05, 0.1) is 10.2 Å². The normalized spacial score (nSPS) is 11.6. The first kappa shape index (κ1) is 20.7. The van der Waals surface area contributed by atoms with Crippen molar-refractivity contribution in [2.75, 3.05) is 18.5 Å². The molecule has 31 heavy (non-hydrogen) atoms. The molecule has 0 bridgehead atoms. The quantitative estimate of drug-likeness (QED) is 0.439. The minimum absolute atomic E-state index is 0.0534. The van der Waals surface area contributed by atoms with E-state index in [1.807, 2.05) is 0 Å². The Balaban J connectivity index is 1.38. The maximum absolute atomic E-state index is 12.3. The van der Waals surface area contributed by atoms with Crippen molar-refractivity contribution in [2.24, 2.45) is 0 Å². The number of thiazole rings is 1. The molecule has 7 nitrogen and oxygen atoms in total. The Hall–Kier alpha value is -3.60. The van der Waals surface area contributed by atoms with E-state index < -0.39 is 24.3 Å². The maximum atomic E-state index is 12.3. The number of alkyl halides is 3. The van der Waals surface area contributed by atoms with E-state index in [2.05, 4.69) is 10.3 Å². The van der Waals surface area contributed by atoms with Gasteiger partial charge < -0.3 is 13.9 Å². The van der Waals surface area contributed by atoms with E-state index in [4.69, 9.17) is 13.9 Å². The van der Waals surface area contributed by atoms with Crippen LogP contribution in [0, 0.1) is 0 Å². The first-order valence-corrected chi connectivity index (χ1v) is 9.63. The minimum Gasteiger partial charge on any atom is -0.484 e. The highest BCUT2D eigenvalue weighted by Crippen LogP contribution is 2.30. The number of ether oxygens (including phenoxy) is 2. The first-order chi connectivity index (χ1) is 14.7. The summed E-state index contributed by atoms with van der Waals surface area (Å²) < 4.78 is 52.6. The average Bonchev–Trinajstić information content (AvgIpc) is 3.11. The van der Waals surface area contributed by atoms with Gasteiger partial charge in [0.2, 0.25) is 0 Å². The van der Waals surface area contributed by atoms with Crippen LogP contribution in [0.1, 0.15) is 0 Å². The Bertz CT molecular complexity index is 1320. The molecule has 0 aliphatic carbocycles. The zero-order chi connectivity index (χ0) is 22.0. The summed E-state index contributed by atoms with van der Waals surface area (Å²) in [5.74, 6) is -0.0902. The molecule has 0 spiro atoms. The van der Waals surface area contributed by atoms with Crippen molar-refractivity contribution in [2.45, 2.75) is 6.18 Å². The van der Waals surface area contributed by atoms with Crippen LogP contribution in [0.3, 0.4) is 0 Å². The van der Waals surface area contributed by atoms with Gasteiger partial charge in [-0.15, -0.1) is 0 Å². The van der Waals surface area contributed by atoms with Crippen LogP contribution in [-0.2, 0) is 4.79 Å². The van der Waals surface area contributed by atoms with Crippen LogP contribution in [0.15, 0.2) is 57.7 Å². The smallest absolute Gasteiger partial charge is 0.422 e. The molecule has 11 heteroatoms. The summed E-state index contributed by atoms with van der Waals surface area (Å²) >= 11 is 1.09. The molecule has 160 valence electrons. The molecule has 2 aromatic carbocycles. The number of amides is 1. The molecule has 1 N–H and O–H groups in total. The number of carbonyl (C=O) groups is 1. The molecule has 4 rings (SSSR count). The second-order valence-electron chi connectivity index (χ2n) is 6.34. The Morgan fingerprint density at radius 1 is 1.06 bits per heavy atom. The van der Waals surface area contributed by atoms with E-state index in [9.17, 15) is 22.8 Å². The van der Waals surface area contributed by atoms with E-state index >= 15 is 0 Å². The van der Waals surface area contributed by atoms with Crippen LogP contribution in [0.4, 0.5) is 18.3 Å². The van der Waals surface area contributed by atoms with Gasteiger partial charge in [-0.25, -0.2) is 9.78 Å². The number of hydrogen-bond acceptors (Lipinski definition) is 7. The third kappa shape index (κ3) is 5.31. The van der Waals surface area contributed by atoms with Gasteiger partial charge >= 0.3 is 11.8 Å². The van der Waals surface area contributed by atoms with Crippen molar-refractivity contribution in [1.29, 1.82) is 0 Å². The summed E-state index contributed by atoms with van der Waals surface area (Å²) in [6.45, 7) is -1.71. The number of aromatic nitrogens is 1. The molecular formula is C20H13F3N2O5S. The van der Waals surface area contributed by atoms with Crippen molar-refractivity contribution in [3.63, 3.8) is 0 Å². The lowest BCUT2D eigenvalue weighted by atomic mass is 10.2. The molecule has 0 fully saturated rings. The molecule has 4 aromatic rings. The summed E-state index contributed by atoms with van der Waals surface area (Å²) in [6.07, 6.45) is -4.43. The summed E-state index contributed by atoms with van der Waals surface area (Å²) in [4.78, 5) is 27.7. The zero-order valence-corrected chi connectivity index (χ0v) is 16.4. The molecule has 2 aromatic heterocycles. The average molecular weight is 450 g/mol. The third-order valence-corrected chi connectivity index (χ3v) is 4.91. The lowest BCUT2D eigenvalue weighted by molar-refractivity contribution is -0.153. The van der Waals surface area contributed by atoms with Crippen LogP contribution in [0.2, 0.25) is 0 Å². The van der Waals surface area contributed by atoms with E-state index in [1.54, 1.807) is 18.2 Å². The molecule has 0 saturated heterocycles. The molecule has 0 saturated carbocycles. The Morgan fingerprint density at radius 3 is 2.61 bits per heavy atom. The summed E-state index contributed by atoms with van der Waals surface area (Å²) in [5.41, 5.74) is 0.343. The van der Waals surface area contributed by atoms with Gasteiger partial charge in [-0.2, -0.15) is 13.2 Å². The molecular weight excluding hydrogens is 437 g/mol. The number of fused-ring (bicyclic) bond motifs is 2. The van der Waals surface area contributed by atoms with Gasteiger partial charge in [0.15, 0.2) is 18.3 Å². The monoisotopic (exact) mass is 450 g/mol. The third-order valence-electron chi connectivity index (χ3n) is 3.97. The minimum atomic E-state index is -4.43. The van der Waals surface area contributed by atoms with E-state index in [-0.39, 0.29) is 17.5 Å². The van der Waals surface area contributed by atoms with Gasteiger partial charge in [-0.05, 0) is 36.4 Å². The van der Waals surface area contributed by atoms with Gasteiger partial charge in [0.1, 0.15) is 17.1 Å². The Morgan fingerprint density at radius 2 is 1.81 bits per heavy atom. The van der Waals surface area contributed by atoms with E-state index in [0.29, 0.717) is 26.9 Å². The predicted molar refractivity (Wildman–Crippen MR) is 108 cm³/mol. The molecule has 0 aliphatic rings. The second-order valence-corrected chi connectivity index (χ2v) is 7.37. The van der Waals surface area contributed by atoms with Gasteiger partial charge in [0, 0.05) is 17.5 Å². The molecule has 1 amide bonds. The second kappa shape index (κ2) is 8.26. The molecule has 0 unspecified atom stereocenters. The fraction of sp³-hybridized carbons (Fsp3) is 0.150. The fourth-order valence-corrected chi connectivity index (χ4v) is 3.56. The number of nitrogens with zero attached hydrogens (tertiary/aromatic N) is 1. The molecule has 0 atom stereocenters. The number of carbonyl (C=O) groups excluding carboxylic acids is 1. The van der Waals surface area contributed by atoms with Crippen molar-refractivity contribution >= 4 is 43.6 Å². The van der Waals surface area contributed by atoms with Gasteiger partial charge in [0.25, 0.3) is 5.91 Å². The largest absolute Gasteiger partial charge is 0.484 e. The highest BCUT2D eigenvalue weighted by Gasteiger charge is 2.28. The highest BCUT2D eigenvalue weighted by atomic mass is 32.1. The van der Waals surface area contributed by atoms with Crippen LogP contribution in [-0.4, -0.2) is 30.3 Å². The van der Waals surface area contributed by atoms with E-state index in [1.165, 1.54) is 30.3 Å². The van der Waals surface area contributed by atoms with Crippen LogP contribution >= 0.6 is 11.3 Å². The zero-order valence-electron chi connectivity index (χ0n) is 15.6. The number of halogens is 3. The van der Waals surface area contributed by atoms with Crippen molar-refractivity contribution < 1.29 is 31.9 Å². The van der Waals surface area contributed by atoms with Crippen LogP contribution in [0.25, 0.3) is 21.2 Å². The Labute approximate surface area is 176 Å². The number of nitrogens with one attached hydrogen (secondary N) is 1. The highest BCUT2D eigenvalue weighted by molar-refractivity contribution is 7.22. The lowest BCUT2D eigenvalue weighted by Gasteiger charge is -2.08. The number of anilines is 1. The molecule has 2 heterocycles. The molecule has 0 radical (unpaired) electrons. The lowest BCUT2D eigenvalue weighted by Crippen LogP contribution is -2.20. The topological polar surface area (TPSA) is 90.7 Å². The van der Waals surface area contributed by atoms with Crippen molar-refractivity contribution in [3.05, 3.63) is 59.0 Å². The Kier molecular flexibility index (Phi) is 5.51. The maximum Gasteiger partial charge on any atom is 0.422 e.